The minimum absolute atomic E-state index is 0. The van der Waals surface area contributed by atoms with Crippen molar-refractivity contribution in [2.24, 2.45) is 5.73 Å². The van der Waals surface area contributed by atoms with E-state index in [9.17, 15) is 4.39 Å². The smallest absolute Gasteiger partial charge is 0.138 e. The van der Waals surface area contributed by atoms with Crippen molar-refractivity contribution in [3.63, 3.8) is 0 Å². The van der Waals surface area contributed by atoms with Crippen molar-refractivity contribution in [1.29, 1.82) is 0 Å². The lowest BCUT2D eigenvalue weighted by atomic mass is 10.3. The molecule has 0 amide bonds. The molecule has 0 radical (unpaired) electrons. The molecule has 3 rings (SSSR count). The molecule has 4 nitrogen and oxygen atoms in total. The van der Waals surface area contributed by atoms with Crippen molar-refractivity contribution in [3.05, 3.63) is 54.2 Å². The molecular weight excluding hydrogens is 314 g/mol. The first-order valence-corrected chi connectivity index (χ1v) is 6.01. The zero-order chi connectivity index (χ0) is 13.4. The Morgan fingerprint density at radius 2 is 1.95 bits per heavy atom. The monoisotopic (exact) mass is 328 g/mol. The Kier molecular flexibility index (Phi) is 5.66. The molecule has 0 aliphatic heterocycles. The first-order chi connectivity index (χ1) is 9.16. The van der Waals surface area contributed by atoms with Crippen LogP contribution in [0.3, 0.4) is 0 Å². The van der Waals surface area contributed by atoms with Crippen LogP contribution in [0, 0.1) is 5.82 Å². The van der Waals surface area contributed by atoms with Crippen molar-refractivity contribution in [3.8, 4) is 5.82 Å². The van der Waals surface area contributed by atoms with Crippen LogP contribution in [-0.4, -0.2) is 14.5 Å². The summed E-state index contributed by atoms with van der Waals surface area (Å²) in [6.07, 6.45) is 1.69. The maximum Gasteiger partial charge on any atom is 0.138 e. The summed E-state index contributed by atoms with van der Waals surface area (Å²) < 4.78 is 15.2. The van der Waals surface area contributed by atoms with Crippen molar-refractivity contribution in [2.75, 3.05) is 0 Å². The molecule has 112 valence electrons. The van der Waals surface area contributed by atoms with Gasteiger partial charge in [0, 0.05) is 12.3 Å². The van der Waals surface area contributed by atoms with Crippen LogP contribution in [0.2, 0.25) is 0 Å². The van der Waals surface area contributed by atoms with Crippen LogP contribution in [0.4, 0.5) is 4.39 Å². The SMILES string of the molecule is CC(N)c1nc2ccc(F)cc2n1-c1ccccn1.Cl.Cl. The maximum atomic E-state index is 13.4. The van der Waals surface area contributed by atoms with Crippen molar-refractivity contribution < 1.29 is 4.39 Å². The molecule has 0 spiro atoms. The highest BCUT2D eigenvalue weighted by Crippen LogP contribution is 2.24. The van der Waals surface area contributed by atoms with E-state index in [-0.39, 0.29) is 36.7 Å². The number of benzene rings is 1. The van der Waals surface area contributed by atoms with E-state index < -0.39 is 0 Å². The fourth-order valence-electron chi connectivity index (χ4n) is 2.10. The minimum atomic E-state index is -0.305. The van der Waals surface area contributed by atoms with Gasteiger partial charge in [-0.15, -0.1) is 24.8 Å². The predicted molar refractivity (Wildman–Crippen MR) is 85.9 cm³/mol. The lowest BCUT2D eigenvalue weighted by Crippen LogP contribution is -2.13. The van der Waals surface area contributed by atoms with Gasteiger partial charge < -0.3 is 5.73 Å². The average Bonchev–Trinajstić information content (AvgIpc) is 2.78. The Balaban J connectivity index is 0.00000110. The van der Waals surface area contributed by atoms with E-state index in [1.165, 1.54) is 12.1 Å². The molecular formula is C14H15Cl2FN4. The molecule has 21 heavy (non-hydrogen) atoms. The summed E-state index contributed by atoms with van der Waals surface area (Å²) in [6, 6.07) is 9.77. The topological polar surface area (TPSA) is 56.7 Å². The molecule has 1 aromatic carbocycles. The lowest BCUT2D eigenvalue weighted by molar-refractivity contribution is 0.629. The fourth-order valence-corrected chi connectivity index (χ4v) is 2.10. The first-order valence-electron chi connectivity index (χ1n) is 6.01. The standard InChI is InChI=1S/C14H13FN4.2ClH/c1-9(16)14-18-11-6-5-10(15)8-12(11)19(14)13-4-2-3-7-17-13;;/h2-9H,16H2,1H3;2*1H. The number of pyridine rings is 1. The second-order valence-electron chi connectivity index (χ2n) is 4.42. The first kappa shape index (κ1) is 17.4. The van der Waals surface area contributed by atoms with Gasteiger partial charge in [0.2, 0.25) is 0 Å². The van der Waals surface area contributed by atoms with Gasteiger partial charge >= 0.3 is 0 Å². The van der Waals surface area contributed by atoms with E-state index >= 15 is 0 Å². The summed E-state index contributed by atoms with van der Waals surface area (Å²) in [7, 11) is 0. The average molecular weight is 329 g/mol. The largest absolute Gasteiger partial charge is 0.322 e. The molecule has 0 saturated heterocycles. The van der Waals surface area contributed by atoms with E-state index in [0.29, 0.717) is 22.7 Å². The minimum Gasteiger partial charge on any atom is -0.322 e. The third-order valence-electron chi connectivity index (χ3n) is 2.93. The van der Waals surface area contributed by atoms with Gasteiger partial charge in [0.15, 0.2) is 0 Å². The van der Waals surface area contributed by atoms with E-state index in [0.717, 1.165) is 0 Å². The molecule has 2 aromatic heterocycles. The number of fused-ring (bicyclic) bond motifs is 1. The molecule has 0 aliphatic carbocycles. The third-order valence-corrected chi connectivity index (χ3v) is 2.93. The van der Waals surface area contributed by atoms with Crippen molar-refractivity contribution in [2.45, 2.75) is 13.0 Å². The van der Waals surface area contributed by atoms with Crippen LogP contribution in [0.5, 0.6) is 0 Å². The maximum absolute atomic E-state index is 13.4. The van der Waals surface area contributed by atoms with E-state index in [1.54, 1.807) is 16.8 Å². The van der Waals surface area contributed by atoms with E-state index in [1.807, 2.05) is 25.1 Å². The number of hydrogen-bond donors (Lipinski definition) is 1. The summed E-state index contributed by atoms with van der Waals surface area (Å²) in [4.78, 5) is 8.75. The molecule has 0 fully saturated rings. The van der Waals surface area contributed by atoms with Gasteiger partial charge in [0.05, 0.1) is 17.1 Å². The molecule has 2 N–H and O–H groups in total. The van der Waals surface area contributed by atoms with Crippen molar-refractivity contribution >= 4 is 35.8 Å². The third kappa shape index (κ3) is 3.15. The van der Waals surface area contributed by atoms with Crippen LogP contribution < -0.4 is 5.73 Å². The highest BCUT2D eigenvalue weighted by atomic mass is 35.5. The van der Waals surface area contributed by atoms with Crippen LogP contribution >= 0.6 is 24.8 Å². The van der Waals surface area contributed by atoms with Crippen molar-refractivity contribution in [1.82, 2.24) is 14.5 Å². The highest BCUT2D eigenvalue weighted by molar-refractivity contribution is 5.85. The van der Waals surface area contributed by atoms with Gasteiger partial charge in [-0.3, -0.25) is 4.57 Å². The van der Waals surface area contributed by atoms with E-state index in [2.05, 4.69) is 9.97 Å². The predicted octanol–water partition coefficient (Wildman–Crippen LogP) is 3.42. The summed E-state index contributed by atoms with van der Waals surface area (Å²) in [5, 5.41) is 0. The molecule has 2 heterocycles. The quantitative estimate of drug-likeness (QED) is 0.784. The van der Waals surface area contributed by atoms with Crippen LogP contribution in [0.15, 0.2) is 42.6 Å². The molecule has 1 atom stereocenters. The van der Waals surface area contributed by atoms with Gasteiger partial charge in [0.1, 0.15) is 17.5 Å². The van der Waals surface area contributed by atoms with Gasteiger partial charge in [-0.1, -0.05) is 6.07 Å². The molecule has 0 saturated carbocycles. The molecule has 7 heteroatoms. The fraction of sp³-hybridized carbons (Fsp3) is 0.143. The Labute approximate surface area is 134 Å². The Morgan fingerprint density at radius 1 is 1.19 bits per heavy atom. The number of hydrogen-bond acceptors (Lipinski definition) is 3. The zero-order valence-corrected chi connectivity index (χ0v) is 12.9. The Hall–Kier alpha value is -1.69. The normalized spacial score (nSPS) is 11.6. The highest BCUT2D eigenvalue weighted by Gasteiger charge is 2.16. The number of imidazole rings is 1. The number of halogens is 3. The number of aromatic nitrogens is 3. The molecule has 0 bridgehead atoms. The Bertz CT molecular complexity index is 728. The van der Waals surface area contributed by atoms with Gasteiger partial charge in [0.25, 0.3) is 0 Å². The number of nitrogens with zero attached hydrogens (tertiary/aromatic N) is 3. The van der Waals surface area contributed by atoms with Gasteiger partial charge in [-0.2, -0.15) is 0 Å². The summed E-state index contributed by atoms with van der Waals surface area (Å²) in [5.74, 6) is 1.04. The van der Waals surface area contributed by atoms with Crippen LogP contribution in [-0.2, 0) is 0 Å². The van der Waals surface area contributed by atoms with Gasteiger partial charge in [-0.25, -0.2) is 14.4 Å². The van der Waals surface area contributed by atoms with Crippen LogP contribution in [0.25, 0.3) is 16.9 Å². The molecule has 0 aliphatic rings. The summed E-state index contributed by atoms with van der Waals surface area (Å²) >= 11 is 0. The lowest BCUT2D eigenvalue weighted by Gasteiger charge is -2.10. The Morgan fingerprint density at radius 3 is 2.57 bits per heavy atom. The van der Waals surface area contributed by atoms with E-state index in [4.69, 9.17) is 5.73 Å². The molecule has 1 unspecified atom stereocenters. The summed E-state index contributed by atoms with van der Waals surface area (Å²) in [6.45, 7) is 1.84. The number of nitrogens with two attached hydrogens (primary N) is 1. The van der Waals surface area contributed by atoms with Crippen LogP contribution in [0.1, 0.15) is 18.8 Å². The number of rotatable bonds is 2. The van der Waals surface area contributed by atoms with Gasteiger partial charge in [-0.05, 0) is 31.2 Å². The zero-order valence-electron chi connectivity index (χ0n) is 11.2. The molecule has 3 aromatic rings. The second-order valence-corrected chi connectivity index (χ2v) is 4.42. The second kappa shape index (κ2) is 6.85. The summed E-state index contributed by atoms with van der Waals surface area (Å²) in [5.41, 5.74) is 7.33.